The molecule has 0 aromatic heterocycles. The number of hydrogen-bond acceptors (Lipinski definition) is 5. The van der Waals surface area contributed by atoms with Gasteiger partial charge in [-0.05, 0) is 32.0 Å². The quantitative estimate of drug-likeness (QED) is 0.526. The molecule has 20 heavy (non-hydrogen) atoms. The van der Waals surface area contributed by atoms with Gasteiger partial charge in [0.15, 0.2) is 14.1 Å². The molecule has 7 heteroatoms. The highest BCUT2D eigenvalue weighted by Crippen LogP contribution is 2.47. The molecule has 0 aliphatic rings. The summed E-state index contributed by atoms with van der Waals surface area (Å²) < 4.78 is 27.8. The van der Waals surface area contributed by atoms with Crippen LogP contribution in [0.4, 0.5) is 0 Å². The van der Waals surface area contributed by atoms with Gasteiger partial charge in [0.1, 0.15) is 11.8 Å². The Kier molecular flexibility index (Phi) is 6.40. The molecule has 5 nitrogen and oxygen atoms in total. The minimum Gasteiger partial charge on any atom is -0.405 e. The molecule has 0 aliphatic heterocycles. The van der Waals surface area contributed by atoms with Gasteiger partial charge >= 0.3 is 7.60 Å². The van der Waals surface area contributed by atoms with Gasteiger partial charge in [0, 0.05) is 14.2 Å². The summed E-state index contributed by atoms with van der Waals surface area (Å²) >= 11 is 0. The predicted molar refractivity (Wildman–Crippen MR) is 83.9 cm³/mol. The Bertz CT molecular complexity index is 390. The Balaban J connectivity index is 5.08. The molecule has 0 radical (unpaired) electrons. The van der Waals surface area contributed by atoms with E-state index in [0.717, 1.165) is 0 Å². The minimum absolute atomic E-state index is 0.00322. The van der Waals surface area contributed by atoms with Crippen molar-refractivity contribution in [2.45, 2.75) is 58.4 Å². The highest BCUT2D eigenvalue weighted by Gasteiger charge is 2.45. The monoisotopic (exact) mass is 324 g/mol. The van der Waals surface area contributed by atoms with Crippen LogP contribution in [0.1, 0.15) is 34.6 Å². The minimum atomic E-state index is -3.35. The molecule has 120 valence electrons. The van der Waals surface area contributed by atoms with E-state index in [1.54, 1.807) is 13.8 Å². The molecule has 0 heterocycles. The Hall–Kier alpha value is -0.00312. The molecule has 0 amide bonds. The summed E-state index contributed by atoms with van der Waals surface area (Å²) in [6, 6.07) is 0. The molecule has 0 saturated heterocycles. The lowest BCUT2D eigenvalue weighted by atomic mass is 10.1. The van der Waals surface area contributed by atoms with E-state index in [1.165, 1.54) is 14.2 Å². The molecule has 0 rings (SSSR count). The fraction of sp³-hybridized carbons (Fsp3) is 0.923. The second-order valence-corrected chi connectivity index (χ2v) is 13.9. The molecule has 0 aromatic rings. The van der Waals surface area contributed by atoms with E-state index in [2.05, 4.69) is 33.9 Å². The summed E-state index contributed by atoms with van der Waals surface area (Å²) in [6.07, 6.45) is -0.276. The average molecular weight is 324 g/mol. The third kappa shape index (κ3) is 5.08. The van der Waals surface area contributed by atoms with Crippen molar-refractivity contribution in [2.75, 3.05) is 20.4 Å². The van der Waals surface area contributed by atoms with Gasteiger partial charge in [-0.15, -0.1) is 0 Å². The van der Waals surface area contributed by atoms with Gasteiger partial charge in [-0.3, -0.25) is 9.36 Å². The van der Waals surface area contributed by atoms with Crippen molar-refractivity contribution in [3.8, 4) is 0 Å². The molecular formula is C13H29O5PSi. The number of hydrogen-bond donors (Lipinski definition) is 0. The first-order chi connectivity index (χ1) is 8.71. The Morgan fingerprint density at radius 1 is 1.05 bits per heavy atom. The van der Waals surface area contributed by atoms with Crippen molar-refractivity contribution < 1.29 is 22.8 Å². The van der Waals surface area contributed by atoms with E-state index in [-0.39, 0.29) is 17.0 Å². The Labute approximate surface area is 124 Å². The van der Waals surface area contributed by atoms with Crippen LogP contribution in [0, 0.1) is 0 Å². The van der Waals surface area contributed by atoms with Crippen molar-refractivity contribution in [2.24, 2.45) is 0 Å². The fourth-order valence-electron chi connectivity index (χ4n) is 1.42. The zero-order valence-corrected chi connectivity index (χ0v) is 16.1. The molecular weight excluding hydrogens is 295 g/mol. The number of carbonyl (C=O) groups is 1. The SMILES string of the molecule is COP(=O)(CC(=O)C(C)(C)O[Si](C)(C)C(C)(C)C)OC. The van der Waals surface area contributed by atoms with Gasteiger partial charge in [-0.2, -0.15) is 0 Å². The van der Waals surface area contributed by atoms with E-state index < -0.39 is 21.5 Å². The van der Waals surface area contributed by atoms with Gasteiger partial charge in [-0.1, -0.05) is 20.8 Å². The van der Waals surface area contributed by atoms with Gasteiger partial charge < -0.3 is 13.5 Å². The number of ketones is 1. The maximum Gasteiger partial charge on any atom is 0.337 e. The lowest BCUT2D eigenvalue weighted by molar-refractivity contribution is -0.130. The molecule has 0 unspecified atom stereocenters. The highest BCUT2D eigenvalue weighted by molar-refractivity contribution is 7.54. The third-order valence-corrected chi connectivity index (χ3v) is 10.3. The van der Waals surface area contributed by atoms with Gasteiger partial charge in [-0.25, -0.2) is 0 Å². The summed E-state index contributed by atoms with van der Waals surface area (Å²) in [4.78, 5) is 12.4. The third-order valence-electron chi connectivity index (χ3n) is 3.88. The van der Waals surface area contributed by atoms with Crippen LogP contribution in [0.5, 0.6) is 0 Å². The van der Waals surface area contributed by atoms with Crippen molar-refractivity contribution >= 4 is 21.7 Å². The summed E-state index contributed by atoms with van der Waals surface area (Å²) in [6.45, 7) is 13.9. The zero-order valence-electron chi connectivity index (χ0n) is 14.2. The largest absolute Gasteiger partial charge is 0.405 e. The van der Waals surface area contributed by atoms with E-state index >= 15 is 0 Å². The van der Waals surface area contributed by atoms with Crippen molar-refractivity contribution in [3.63, 3.8) is 0 Å². The van der Waals surface area contributed by atoms with Crippen LogP contribution in [0.3, 0.4) is 0 Å². The predicted octanol–water partition coefficient (Wildman–Crippen LogP) is 3.84. The molecule has 0 N–H and O–H groups in total. The highest BCUT2D eigenvalue weighted by atomic mass is 31.2. The number of Topliss-reactive ketones (excluding diaryl/α,β-unsaturated/α-hetero) is 1. The molecule has 0 spiro atoms. The maximum atomic E-state index is 12.4. The summed E-state index contributed by atoms with van der Waals surface area (Å²) in [5, 5.41) is -0.00322. The molecule has 0 aromatic carbocycles. The van der Waals surface area contributed by atoms with Crippen LogP contribution < -0.4 is 0 Å². The second-order valence-electron chi connectivity index (χ2n) is 6.93. The standard InChI is InChI=1S/C13H29O5PSi/c1-12(2,3)20(8,9)18-13(4,5)11(14)10-19(15,16-6)17-7/h10H2,1-9H3. The summed E-state index contributed by atoms with van der Waals surface area (Å²) in [7, 11) is -2.89. The molecule has 0 bridgehead atoms. The van der Waals surface area contributed by atoms with E-state index in [1.807, 2.05) is 0 Å². The fourth-order valence-corrected chi connectivity index (χ4v) is 4.25. The van der Waals surface area contributed by atoms with Crippen LogP contribution in [0.25, 0.3) is 0 Å². The Morgan fingerprint density at radius 2 is 1.45 bits per heavy atom. The topological polar surface area (TPSA) is 61.8 Å². The summed E-state index contributed by atoms with van der Waals surface area (Å²) in [5.41, 5.74) is -1.00. The smallest absolute Gasteiger partial charge is 0.337 e. The molecule has 0 aliphatic carbocycles. The second kappa shape index (κ2) is 6.40. The lowest BCUT2D eigenvalue weighted by Gasteiger charge is -2.42. The summed E-state index contributed by atoms with van der Waals surface area (Å²) in [5.74, 6) is -0.269. The molecule has 0 saturated carbocycles. The first-order valence-corrected chi connectivity index (χ1v) is 11.3. The van der Waals surface area contributed by atoms with Crippen LogP contribution >= 0.6 is 7.60 Å². The normalized spacial score (nSPS) is 14.4. The molecule has 0 fully saturated rings. The number of carbonyl (C=O) groups excluding carboxylic acids is 1. The Morgan fingerprint density at radius 3 is 1.75 bits per heavy atom. The van der Waals surface area contributed by atoms with Crippen LogP contribution in [0.2, 0.25) is 18.1 Å². The van der Waals surface area contributed by atoms with Crippen LogP contribution in [-0.4, -0.2) is 40.1 Å². The van der Waals surface area contributed by atoms with Crippen LogP contribution in [-0.2, 0) is 22.8 Å². The van der Waals surface area contributed by atoms with Crippen molar-refractivity contribution in [3.05, 3.63) is 0 Å². The lowest BCUT2D eigenvalue weighted by Crippen LogP contribution is -2.51. The van der Waals surface area contributed by atoms with Gasteiger partial charge in [0.2, 0.25) is 0 Å². The van der Waals surface area contributed by atoms with Gasteiger partial charge in [0.25, 0.3) is 0 Å². The first-order valence-electron chi connectivity index (χ1n) is 6.65. The first kappa shape index (κ1) is 20.0. The van der Waals surface area contributed by atoms with E-state index in [9.17, 15) is 9.36 Å². The zero-order chi connectivity index (χ0) is 16.4. The van der Waals surface area contributed by atoms with Crippen molar-refractivity contribution in [1.29, 1.82) is 0 Å². The van der Waals surface area contributed by atoms with Crippen LogP contribution in [0.15, 0.2) is 0 Å². The van der Waals surface area contributed by atoms with Gasteiger partial charge in [0.05, 0.1) is 0 Å². The van der Waals surface area contributed by atoms with E-state index in [0.29, 0.717) is 0 Å². The van der Waals surface area contributed by atoms with E-state index in [4.69, 9.17) is 13.5 Å². The van der Waals surface area contributed by atoms with Crippen molar-refractivity contribution in [1.82, 2.24) is 0 Å². The number of rotatable bonds is 7. The maximum absolute atomic E-state index is 12.4. The average Bonchev–Trinajstić information content (AvgIpc) is 2.25. The molecule has 0 atom stereocenters.